The van der Waals surface area contributed by atoms with E-state index in [1.54, 1.807) is 0 Å². The third-order valence-electron chi connectivity index (χ3n) is 4.95. The van der Waals surface area contributed by atoms with Gasteiger partial charge in [0.15, 0.2) is 0 Å². The molecule has 3 heterocycles. The summed E-state index contributed by atoms with van der Waals surface area (Å²) in [6.45, 7) is 5.09. The molecule has 27 heavy (non-hydrogen) atoms. The number of pyridine rings is 1. The molecule has 0 unspecified atom stereocenters. The van der Waals surface area contributed by atoms with Crippen molar-refractivity contribution in [2.75, 3.05) is 6.54 Å². The van der Waals surface area contributed by atoms with Gasteiger partial charge in [0.25, 0.3) is 5.91 Å². The molecule has 0 radical (unpaired) electrons. The highest BCUT2D eigenvalue weighted by molar-refractivity contribution is 5.97. The number of nitrogens with zero attached hydrogens (tertiary/aromatic N) is 1. The Morgan fingerprint density at radius 2 is 1.96 bits per heavy atom. The summed E-state index contributed by atoms with van der Waals surface area (Å²) in [5, 5.41) is 2.88. The normalized spacial score (nSPS) is 13.8. The Hall–Kier alpha value is -3.14. The number of rotatable bonds is 4. The fourth-order valence-electron chi connectivity index (χ4n) is 3.52. The highest BCUT2D eigenvalue weighted by Gasteiger charge is 2.19. The van der Waals surface area contributed by atoms with E-state index in [1.807, 2.05) is 30.5 Å². The number of nitrogens with one attached hydrogen (secondary N) is 2. The second-order valence-corrected chi connectivity index (χ2v) is 7.17. The van der Waals surface area contributed by atoms with Gasteiger partial charge in [-0.1, -0.05) is 44.2 Å². The number of hydrogen-bond donors (Lipinski definition) is 2. The third-order valence-corrected chi connectivity index (χ3v) is 4.95. The largest absolute Gasteiger partial charge is 0.358 e. The number of aromatic amines is 1. The second kappa shape index (κ2) is 7.23. The molecule has 4 nitrogen and oxygen atoms in total. The quantitative estimate of drug-likeness (QED) is 0.714. The van der Waals surface area contributed by atoms with Crippen LogP contribution in [0.3, 0.4) is 0 Å². The summed E-state index contributed by atoms with van der Waals surface area (Å²) < 4.78 is 0. The third kappa shape index (κ3) is 3.56. The fourth-order valence-corrected chi connectivity index (χ4v) is 3.52. The minimum absolute atomic E-state index is 0.00165. The van der Waals surface area contributed by atoms with Gasteiger partial charge >= 0.3 is 0 Å². The van der Waals surface area contributed by atoms with E-state index in [1.165, 1.54) is 11.1 Å². The lowest BCUT2D eigenvalue weighted by atomic mass is 9.97. The van der Waals surface area contributed by atoms with E-state index >= 15 is 0 Å². The molecule has 4 rings (SSSR count). The predicted molar refractivity (Wildman–Crippen MR) is 110 cm³/mol. The first-order valence-electron chi connectivity index (χ1n) is 9.35. The van der Waals surface area contributed by atoms with Crippen LogP contribution in [0, 0.1) is 0 Å². The summed E-state index contributed by atoms with van der Waals surface area (Å²) in [5.74, 6) is 0.472. The molecule has 1 aromatic carbocycles. The molecule has 1 aliphatic rings. The van der Waals surface area contributed by atoms with Gasteiger partial charge in [0, 0.05) is 36.1 Å². The van der Waals surface area contributed by atoms with Crippen LogP contribution in [-0.4, -0.2) is 22.4 Å². The van der Waals surface area contributed by atoms with Crippen molar-refractivity contribution >= 4 is 18.1 Å². The Bertz CT molecular complexity index is 1010. The Balaban J connectivity index is 1.63. The summed E-state index contributed by atoms with van der Waals surface area (Å²) in [6.07, 6.45) is 6.81. The fraction of sp³-hybridized carbons (Fsp3) is 0.217. The number of hydrogen-bond acceptors (Lipinski definition) is 2. The van der Waals surface area contributed by atoms with Gasteiger partial charge in [0.05, 0.1) is 11.3 Å². The van der Waals surface area contributed by atoms with E-state index in [2.05, 4.69) is 59.5 Å². The van der Waals surface area contributed by atoms with Crippen LogP contribution >= 0.6 is 0 Å². The van der Waals surface area contributed by atoms with Crippen molar-refractivity contribution in [3.63, 3.8) is 0 Å². The molecule has 0 saturated carbocycles. The van der Waals surface area contributed by atoms with E-state index in [-0.39, 0.29) is 5.91 Å². The molecular weight excluding hydrogens is 334 g/mol. The number of benzene rings is 1. The first kappa shape index (κ1) is 17.3. The van der Waals surface area contributed by atoms with Gasteiger partial charge in [-0.2, -0.15) is 0 Å². The number of carbonyl (C=O) groups excluding carboxylic acids is 1. The van der Waals surface area contributed by atoms with Crippen molar-refractivity contribution in [2.45, 2.75) is 26.2 Å². The lowest BCUT2D eigenvalue weighted by Gasteiger charge is -2.10. The molecule has 136 valence electrons. The molecule has 3 aromatic rings. The average Bonchev–Trinajstić information content (AvgIpc) is 3.13. The van der Waals surface area contributed by atoms with Gasteiger partial charge in [0.1, 0.15) is 0 Å². The smallest absolute Gasteiger partial charge is 0.253 e. The molecule has 1 amide bonds. The highest BCUT2D eigenvalue weighted by atomic mass is 16.1. The number of amides is 1. The zero-order chi connectivity index (χ0) is 18.8. The molecule has 4 heteroatoms. The van der Waals surface area contributed by atoms with Crippen LogP contribution in [0.5, 0.6) is 0 Å². The van der Waals surface area contributed by atoms with Crippen LogP contribution in [-0.2, 0) is 6.42 Å². The summed E-state index contributed by atoms with van der Waals surface area (Å²) in [5.41, 5.74) is 7.17. The van der Waals surface area contributed by atoms with E-state index in [4.69, 9.17) is 0 Å². The number of fused-ring (bicyclic) bond motifs is 1. The van der Waals surface area contributed by atoms with Gasteiger partial charge in [0.2, 0.25) is 0 Å². The maximum atomic E-state index is 12.0. The standard InChI is InChI=1S/C23H23N3O/c1-15(2)19-6-4-3-5-16(19)7-8-18-13-17(9-11-24-18)22-14-20-21(26-22)10-12-25-23(20)27/h3-9,11,13-15,26H,10,12H2,1-2H3,(H,25,27)/b8-7+. The summed E-state index contributed by atoms with van der Waals surface area (Å²) >= 11 is 0. The maximum absolute atomic E-state index is 12.0. The Kier molecular flexibility index (Phi) is 4.63. The zero-order valence-electron chi connectivity index (χ0n) is 15.6. The van der Waals surface area contributed by atoms with E-state index in [0.717, 1.165) is 34.6 Å². The van der Waals surface area contributed by atoms with Crippen LogP contribution in [0.1, 0.15) is 52.6 Å². The van der Waals surface area contributed by atoms with Crippen molar-refractivity contribution in [1.29, 1.82) is 0 Å². The van der Waals surface area contributed by atoms with Gasteiger partial charge in [-0.25, -0.2) is 0 Å². The summed E-state index contributed by atoms with van der Waals surface area (Å²) in [7, 11) is 0. The van der Waals surface area contributed by atoms with Crippen molar-refractivity contribution < 1.29 is 4.79 Å². The summed E-state index contributed by atoms with van der Waals surface area (Å²) in [4.78, 5) is 19.9. The first-order chi connectivity index (χ1) is 13.1. The number of H-pyrrole nitrogens is 1. The molecule has 0 aliphatic carbocycles. The van der Waals surface area contributed by atoms with Gasteiger partial charge in [-0.05, 0) is 41.3 Å². The van der Waals surface area contributed by atoms with Crippen LogP contribution in [0.25, 0.3) is 23.4 Å². The zero-order valence-corrected chi connectivity index (χ0v) is 15.6. The lowest BCUT2D eigenvalue weighted by molar-refractivity contribution is 0.0946. The number of carbonyl (C=O) groups is 1. The molecule has 1 aliphatic heterocycles. The van der Waals surface area contributed by atoms with Crippen molar-refractivity contribution in [1.82, 2.24) is 15.3 Å². The molecular formula is C23H23N3O. The molecule has 2 N–H and O–H groups in total. The van der Waals surface area contributed by atoms with E-state index < -0.39 is 0 Å². The van der Waals surface area contributed by atoms with Crippen molar-refractivity contribution in [2.24, 2.45) is 0 Å². The lowest BCUT2D eigenvalue weighted by Crippen LogP contribution is -2.31. The predicted octanol–water partition coefficient (Wildman–Crippen LogP) is 4.66. The van der Waals surface area contributed by atoms with Crippen LogP contribution in [0.2, 0.25) is 0 Å². The average molecular weight is 357 g/mol. The minimum Gasteiger partial charge on any atom is -0.358 e. The van der Waals surface area contributed by atoms with Crippen molar-refractivity contribution in [3.8, 4) is 11.3 Å². The van der Waals surface area contributed by atoms with Gasteiger partial charge in [-0.3, -0.25) is 9.78 Å². The molecule has 0 atom stereocenters. The van der Waals surface area contributed by atoms with E-state index in [0.29, 0.717) is 12.5 Å². The highest BCUT2D eigenvalue weighted by Crippen LogP contribution is 2.25. The molecule has 0 bridgehead atoms. The summed E-state index contributed by atoms with van der Waals surface area (Å²) in [6, 6.07) is 14.4. The van der Waals surface area contributed by atoms with E-state index in [9.17, 15) is 4.79 Å². The monoisotopic (exact) mass is 357 g/mol. The topological polar surface area (TPSA) is 57.8 Å². The van der Waals surface area contributed by atoms with Crippen LogP contribution in [0.15, 0.2) is 48.7 Å². The minimum atomic E-state index is -0.00165. The first-order valence-corrected chi connectivity index (χ1v) is 9.35. The molecule has 2 aromatic heterocycles. The Morgan fingerprint density at radius 3 is 2.78 bits per heavy atom. The molecule has 0 fully saturated rings. The van der Waals surface area contributed by atoms with Crippen molar-refractivity contribution in [3.05, 3.63) is 76.7 Å². The molecule has 0 saturated heterocycles. The maximum Gasteiger partial charge on any atom is 0.253 e. The number of aromatic nitrogens is 2. The SMILES string of the molecule is CC(C)c1ccccc1/C=C/c1cc(-c2cc3c([nH]2)CCNC3=O)ccn1. The Labute approximate surface area is 159 Å². The van der Waals surface area contributed by atoms with Crippen LogP contribution in [0.4, 0.5) is 0 Å². The van der Waals surface area contributed by atoms with Gasteiger partial charge < -0.3 is 10.3 Å². The second-order valence-electron chi connectivity index (χ2n) is 7.17. The molecule has 0 spiro atoms. The van der Waals surface area contributed by atoms with Crippen LogP contribution < -0.4 is 5.32 Å². The Morgan fingerprint density at radius 1 is 1.11 bits per heavy atom. The van der Waals surface area contributed by atoms with Gasteiger partial charge in [-0.15, -0.1) is 0 Å².